The van der Waals surface area contributed by atoms with Crippen LogP contribution in [0.15, 0.2) is 85.5 Å². The van der Waals surface area contributed by atoms with E-state index in [1.807, 2.05) is 18.2 Å². The van der Waals surface area contributed by atoms with E-state index in [0.29, 0.717) is 38.6 Å². The number of carbonyl (C=O) groups is 1. The number of hydrogen-bond acceptors (Lipinski definition) is 6. The number of benzene rings is 3. The van der Waals surface area contributed by atoms with Crippen molar-refractivity contribution in [3.63, 3.8) is 0 Å². The lowest BCUT2D eigenvalue weighted by Gasteiger charge is -2.09. The van der Waals surface area contributed by atoms with E-state index in [4.69, 9.17) is 26.5 Å². The number of aromatic nitrogens is 2. The van der Waals surface area contributed by atoms with Gasteiger partial charge >= 0.3 is 0 Å². The van der Waals surface area contributed by atoms with Crippen molar-refractivity contribution in [2.24, 2.45) is 10.8 Å². The Kier molecular flexibility index (Phi) is 6.10. The number of furan rings is 1. The van der Waals surface area contributed by atoms with Crippen LogP contribution >= 0.6 is 27.5 Å². The number of nitrogens with two attached hydrogens (primary N) is 1. The van der Waals surface area contributed by atoms with Crippen molar-refractivity contribution in [3.05, 3.63) is 92.1 Å². The van der Waals surface area contributed by atoms with Crippen LogP contribution in [0.3, 0.4) is 0 Å². The second-order valence-corrected chi connectivity index (χ2v) is 8.90. The first-order chi connectivity index (χ1) is 16.9. The maximum absolute atomic E-state index is 13.4. The molecule has 0 spiro atoms. The van der Waals surface area contributed by atoms with Gasteiger partial charge in [-0.05, 0) is 54.6 Å². The van der Waals surface area contributed by atoms with E-state index in [1.165, 1.54) is 6.21 Å². The second kappa shape index (κ2) is 9.36. The van der Waals surface area contributed by atoms with Crippen molar-refractivity contribution in [1.29, 1.82) is 0 Å². The average Bonchev–Trinajstić information content (AvgIpc) is 3.25. The fourth-order valence-electron chi connectivity index (χ4n) is 3.54. The fourth-order valence-corrected chi connectivity index (χ4v) is 4.09. The van der Waals surface area contributed by atoms with Crippen molar-refractivity contribution in [2.45, 2.75) is 0 Å². The molecule has 0 radical (unpaired) electrons. The zero-order valence-corrected chi connectivity index (χ0v) is 20.3. The molecule has 10 heteroatoms. The molecule has 174 valence electrons. The molecule has 2 aromatic heterocycles. The number of fused-ring (bicyclic) bond motifs is 2. The highest BCUT2D eigenvalue weighted by atomic mass is 79.9. The van der Waals surface area contributed by atoms with Gasteiger partial charge in [-0.1, -0.05) is 39.7 Å². The summed E-state index contributed by atoms with van der Waals surface area (Å²) in [5.41, 5.74) is 6.40. The summed E-state index contributed by atoms with van der Waals surface area (Å²) in [5, 5.41) is 6.06. The van der Waals surface area contributed by atoms with Gasteiger partial charge in [0, 0.05) is 20.4 Å². The van der Waals surface area contributed by atoms with Crippen molar-refractivity contribution in [2.75, 3.05) is 6.61 Å². The molecule has 0 aliphatic heterocycles. The molecule has 35 heavy (non-hydrogen) atoms. The number of hydrogen-bond donors (Lipinski definition) is 1. The molecule has 0 fully saturated rings. The fraction of sp³-hybridized carbons (Fsp3) is 0.0400. The number of carbonyl (C=O) groups excluding carboxylic acids is 1. The summed E-state index contributed by atoms with van der Waals surface area (Å²) >= 11 is 9.60. The summed E-state index contributed by atoms with van der Waals surface area (Å²) in [4.78, 5) is 29.2. The van der Waals surface area contributed by atoms with E-state index in [-0.39, 0.29) is 18.0 Å². The largest absolute Gasteiger partial charge is 0.483 e. The van der Waals surface area contributed by atoms with E-state index in [1.54, 1.807) is 48.5 Å². The van der Waals surface area contributed by atoms with E-state index in [9.17, 15) is 9.59 Å². The van der Waals surface area contributed by atoms with Gasteiger partial charge in [-0.25, -0.2) is 4.98 Å². The molecular weight excluding hydrogens is 536 g/mol. The van der Waals surface area contributed by atoms with Gasteiger partial charge in [0.15, 0.2) is 12.4 Å². The highest BCUT2D eigenvalue weighted by Gasteiger charge is 2.17. The average molecular weight is 552 g/mol. The van der Waals surface area contributed by atoms with Crippen LogP contribution < -0.4 is 16.0 Å². The Hall–Kier alpha value is -3.95. The third kappa shape index (κ3) is 4.68. The summed E-state index contributed by atoms with van der Waals surface area (Å²) < 4.78 is 13.5. The Balaban J connectivity index is 1.68. The highest BCUT2D eigenvalue weighted by molar-refractivity contribution is 9.10. The quantitative estimate of drug-likeness (QED) is 0.299. The molecule has 0 aliphatic carbocycles. The first-order valence-corrected chi connectivity index (χ1v) is 11.5. The lowest BCUT2D eigenvalue weighted by atomic mass is 10.2. The van der Waals surface area contributed by atoms with Crippen LogP contribution in [0.25, 0.3) is 33.5 Å². The van der Waals surface area contributed by atoms with Gasteiger partial charge in [-0.15, -0.1) is 0 Å². The molecule has 0 bridgehead atoms. The summed E-state index contributed by atoms with van der Waals surface area (Å²) in [6, 6.07) is 19.2. The minimum atomic E-state index is -0.628. The molecule has 1 amide bonds. The number of para-hydroxylation sites is 1. The number of ether oxygens (including phenoxy) is 1. The molecule has 5 rings (SSSR count). The lowest BCUT2D eigenvalue weighted by molar-refractivity contribution is -0.119. The van der Waals surface area contributed by atoms with Crippen molar-refractivity contribution >= 4 is 61.5 Å². The molecule has 0 atom stereocenters. The van der Waals surface area contributed by atoms with Crippen molar-refractivity contribution < 1.29 is 13.9 Å². The normalized spacial score (nSPS) is 11.5. The Morgan fingerprint density at radius 3 is 2.83 bits per heavy atom. The second-order valence-electron chi connectivity index (χ2n) is 7.54. The molecule has 0 saturated heterocycles. The predicted octanol–water partition coefficient (Wildman–Crippen LogP) is 4.97. The number of nitrogens with zero attached hydrogens (tertiary/aromatic N) is 3. The number of amides is 1. The van der Waals surface area contributed by atoms with Gasteiger partial charge in [0.1, 0.15) is 11.3 Å². The van der Waals surface area contributed by atoms with Crippen LogP contribution in [-0.4, -0.2) is 28.4 Å². The number of halogens is 2. The summed E-state index contributed by atoms with van der Waals surface area (Å²) in [6.07, 6.45) is 1.41. The van der Waals surface area contributed by atoms with E-state index in [0.717, 1.165) is 14.5 Å². The first kappa shape index (κ1) is 22.8. The SMILES string of the molecule is NC(=O)COc1ccc(Cl)cc1C=Nn1c(-c2cc3cc(Br)ccc3o2)nc2ccccc2c1=O. The number of rotatable bonds is 6. The highest BCUT2D eigenvalue weighted by Crippen LogP contribution is 2.29. The van der Waals surface area contributed by atoms with Gasteiger partial charge in [0.2, 0.25) is 5.82 Å². The summed E-state index contributed by atoms with van der Waals surface area (Å²) in [6.45, 7) is -0.320. The van der Waals surface area contributed by atoms with Crippen LogP contribution in [0.5, 0.6) is 5.75 Å². The Bertz CT molecular complexity index is 1690. The predicted molar refractivity (Wildman–Crippen MR) is 138 cm³/mol. The van der Waals surface area contributed by atoms with E-state index >= 15 is 0 Å². The van der Waals surface area contributed by atoms with Gasteiger partial charge in [-0.3, -0.25) is 9.59 Å². The molecule has 0 saturated carbocycles. The Morgan fingerprint density at radius 2 is 2.00 bits per heavy atom. The molecular formula is C25H16BrClN4O4. The van der Waals surface area contributed by atoms with E-state index in [2.05, 4.69) is 26.0 Å². The zero-order chi connectivity index (χ0) is 24.5. The molecule has 0 aliphatic rings. The van der Waals surface area contributed by atoms with Crippen LogP contribution in [-0.2, 0) is 4.79 Å². The van der Waals surface area contributed by atoms with Crippen LogP contribution in [0, 0.1) is 0 Å². The molecule has 5 aromatic rings. The van der Waals surface area contributed by atoms with E-state index < -0.39 is 5.91 Å². The monoisotopic (exact) mass is 550 g/mol. The summed E-state index contributed by atoms with van der Waals surface area (Å²) in [7, 11) is 0. The first-order valence-electron chi connectivity index (χ1n) is 10.4. The molecule has 2 heterocycles. The van der Waals surface area contributed by atoms with Crippen molar-refractivity contribution in [1.82, 2.24) is 9.66 Å². The van der Waals surface area contributed by atoms with Crippen LogP contribution in [0.4, 0.5) is 0 Å². The van der Waals surface area contributed by atoms with Crippen LogP contribution in [0.2, 0.25) is 5.02 Å². The minimum Gasteiger partial charge on any atom is -0.483 e. The third-order valence-electron chi connectivity index (χ3n) is 5.11. The molecule has 3 aromatic carbocycles. The summed E-state index contributed by atoms with van der Waals surface area (Å²) in [5.74, 6) is 0.291. The molecule has 2 N–H and O–H groups in total. The topological polar surface area (TPSA) is 113 Å². The standard InChI is InChI=1S/C25H16BrClN4O4/c26-16-5-7-21-14(9-16)11-22(35-21)24-30-19-4-2-1-3-18(19)25(33)31(24)29-12-15-10-17(27)6-8-20(15)34-13-23(28)32/h1-12H,13H2,(H2,28,32). The van der Waals surface area contributed by atoms with Crippen molar-refractivity contribution in [3.8, 4) is 17.3 Å². The third-order valence-corrected chi connectivity index (χ3v) is 5.83. The Morgan fingerprint density at radius 1 is 1.17 bits per heavy atom. The smallest absolute Gasteiger partial charge is 0.282 e. The lowest BCUT2D eigenvalue weighted by Crippen LogP contribution is -2.21. The molecule has 8 nitrogen and oxygen atoms in total. The van der Waals surface area contributed by atoms with Crippen LogP contribution in [0.1, 0.15) is 5.56 Å². The number of primary amides is 1. The Labute approximate surface area is 211 Å². The minimum absolute atomic E-state index is 0.221. The maximum Gasteiger partial charge on any atom is 0.282 e. The van der Waals surface area contributed by atoms with Gasteiger partial charge in [-0.2, -0.15) is 9.78 Å². The van der Waals surface area contributed by atoms with Gasteiger partial charge in [0.25, 0.3) is 11.5 Å². The van der Waals surface area contributed by atoms with Gasteiger partial charge < -0.3 is 14.9 Å². The maximum atomic E-state index is 13.4. The van der Waals surface area contributed by atoms with Gasteiger partial charge in [0.05, 0.1) is 17.1 Å². The zero-order valence-electron chi connectivity index (χ0n) is 17.9. The molecule has 0 unspecified atom stereocenters.